The zero-order valence-corrected chi connectivity index (χ0v) is 20.4. The summed E-state index contributed by atoms with van der Waals surface area (Å²) < 4.78 is 33.4. The van der Waals surface area contributed by atoms with Crippen LogP contribution in [0, 0.1) is 6.92 Å². The molecule has 0 aliphatic carbocycles. The molecule has 0 atom stereocenters. The third kappa shape index (κ3) is 4.31. The lowest BCUT2D eigenvalue weighted by atomic mass is 10.0. The zero-order chi connectivity index (χ0) is 24.6. The molecule has 7 nitrogen and oxygen atoms in total. The minimum atomic E-state index is -3.74. The SMILES string of the molecule is Cc1onc(-c2ccccc2Cl)c1C(=O)Nc1ccc(S(=O)(=O)N2CCCc3ccccc32)cc1. The summed E-state index contributed by atoms with van der Waals surface area (Å²) in [6.07, 6.45) is 1.61. The monoisotopic (exact) mass is 507 g/mol. The second-order valence-corrected chi connectivity index (χ2v) is 10.5. The van der Waals surface area contributed by atoms with E-state index in [2.05, 4.69) is 10.5 Å². The molecule has 4 aromatic rings. The molecule has 9 heteroatoms. The number of rotatable bonds is 5. The standard InChI is InChI=1S/C26H22ClN3O4S/c1-17-24(25(29-34-17)21-9-3-4-10-22(21)27)26(31)28-19-12-14-20(15-13-19)35(32,33)30-16-6-8-18-7-2-5-11-23(18)30/h2-5,7,9-15H,6,8,16H2,1H3,(H,28,31). The van der Waals surface area contributed by atoms with Crippen molar-refractivity contribution in [2.75, 3.05) is 16.2 Å². The molecule has 0 saturated carbocycles. The lowest BCUT2D eigenvalue weighted by Gasteiger charge is -2.30. The van der Waals surface area contributed by atoms with Gasteiger partial charge in [0, 0.05) is 17.8 Å². The second-order valence-electron chi connectivity index (χ2n) is 8.23. The van der Waals surface area contributed by atoms with Crippen molar-refractivity contribution in [2.24, 2.45) is 0 Å². The third-order valence-corrected chi connectivity index (χ3v) is 8.14. The summed E-state index contributed by atoms with van der Waals surface area (Å²) in [6, 6.07) is 20.7. The fraction of sp³-hybridized carbons (Fsp3) is 0.154. The van der Waals surface area contributed by atoms with Gasteiger partial charge in [-0.15, -0.1) is 0 Å². The van der Waals surface area contributed by atoms with Crippen molar-refractivity contribution < 1.29 is 17.7 Å². The van der Waals surface area contributed by atoms with Gasteiger partial charge >= 0.3 is 0 Å². The number of carbonyl (C=O) groups excluding carboxylic acids is 1. The van der Waals surface area contributed by atoms with Crippen LogP contribution in [0.3, 0.4) is 0 Å². The minimum absolute atomic E-state index is 0.158. The molecule has 1 aromatic heterocycles. The van der Waals surface area contributed by atoms with E-state index < -0.39 is 15.9 Å². The van der Waals surface area contributed by atoms with Crippen molar-refractivity contribution in [3.05, 3.63) is 94.7 Å². The van der Waals surface area contributed by atoms with E-state index >= 15 is 0 Å². The first-order valence-electron chi connectivity index (χ1n) is 11.1. The van der Waals surface area contributed by atoms with Crippen molar-refractivity contribution in [2.45, 2.75) is 24.7 Å². The van der Waals surface area contributed by atoms with Gasteiger partial charge in [0.05, 0.1) is 15.6 Å². The Morgan fingerprint density at radius 3 is 2.51 bits per heavy atom. The van der Waals surface area contributed by atoms with Gasteiger partial charge in [-0.25, -0.2) is 8.42 Å². The number of nitrogens with zero attached hydrogens (tertiary/aromatic N) is 2. The highest BCUT2D eigenvalue weighted by atomic mass is 35.5. The molecular formula is C26H22ClN3O4S. The maximum Gasteiger partial charge on any atom is 0.264 e. The number of fused-ring (bicyclic) bond motifs is 1. The molecule has 1 aliphatic heterocycles. The lowest BCUT2D eigenvalue weighted by Crippen LogP contribution is -2.35. The van der Waals surface area contributed by atoms with Crippen molar-refractivity contribution in [3.8, 4) is 11.3 Å². The summed E-state index contributed by atoms with van der Waals surface area (Å²) >= 11 is 6.29. The average Bonchev–Trinajstić information content (AvgIpc) is 3.25. The number of aromatic nitrogens is 1. The number of carbonyl (C=O) groups is 1. The van der Waals surface area contributed by atoms with E-state index in [9.17, 15) is 13.2 Å². The van der Waals surface area contributed by atoms with Crippen LogP contribution in [0.2, 0.25) is 5.02 Å². The Balaban J connectivity index is 1.39. The van der Waals surface area contributed by atoms with Gasteiger partial charge in [-0.3, -0.25) is 9.10 Å². The number of nitrogens with one attached hydrogen (secondary N) is 1. The van der Waals surface area contributed by atoms with Crippen LogP contribution in [-0.2, 0) is 16.4 Å². The molecule has 0 unspecified atom stereocenters. The summed E-state index contributed by atoms with van der Waals surface area (Å²) in [7, 11) is -3.74. The molecule has 1 N–H and O–H groups in total. The van der Waals surface area contributed by atoms with E-state index in [0.717, 1.165) is 18.4 Å². The molecule has 35 heavy (non-hydrogen) atoms. The van der Waals surface area contributed by atoms with E-state index in [-0.39, 0.29) is 10.5 Å². The number of benzene rings is 3. The number of anilines is 2. The summed E-state index contributed by atoms with van der Waals surface area (Å²) in [5.41, 5.74) is 3.36. The van der Waals surface area contributed by atoms with E-state index in [1.807, 2.05) is 24.3 Å². The Kier molecular flexibility index (Phi) is 6.08. The number of hydrogen-bond acceptors (Lipinski definition) is 5. The van der Waals surface area contributed by atoms with E-state index in [1.54, 1.807) is 43.3 Å². The highest BCUT2D eigenvalue weighted by Crippen LogP contribution is 2.33. The highest BCUT2D eigenvalue weighted by Gasteiger charge is 2.29. The van der Waals surface area contributed by atoms with Gasteiger partial charge in [-0.1, -0.05) is 53.2 Å². The smallest absolute Gasteiger partial charge is 0.264 e. The molecule has 0 saturated heterocycles. The van der Waals surface area contributed by atoms with Crippen LogP contribution in [0.5, 0.6) is 0 Å². The molecule has 0 fully saturated rings. The molecule has 1 amide bonds. The topological polar surface area (TPSA) is 92.5 Å². The Morgan fingerprint density at radius 1 is 1.03 bits per heavy atom. The lowest BCUT2D eigenvalue weighted by molar-refractivity contribution is 0.102. The van der Waals surface area contributed by atoms with Crippen LogP contribution in [0.15, 0.2) is 82.2 Å². The maximum absolute atomic E-state index is 13.4. The van der Waals surface area contributed by atoms with Crippen LogP contribution < -0.4 is 9.62 Å². The van der Waals surface area contributed by atoms with E-state index in [4.69, 9.17) is 16.1 Å². The van der Waals surface area contributed by atoms with Crippen LogP contribution in [0.4, 0.5) is 11.4 Å². The first-order chi connectivity index (χ1) is 16.9. The fourth-order valence-corrected chi connectivity index (χ4v) is 6.02. The average molecular weight is 508 g/mol. The van der Waals surface area contributed by atoms with E-state index in [0.29, 0.717) is 40.0 Å². The maximum atomic E-state index is 13.4. The highest BCUT2D eigenvalue weighted by molar-refractivity contribution is 7.92. The van der Waals surface area contributed by atoms with Crippen LogP contribution in [-0.4, -0.2) is 26.0 Å². The van der Waals surface area contributed by atoms with Gasteiger partial charge in [0.25, 0.3) is 15.9 Å². The van der Waals surface area contributed by atoms with Gasteiger partial charge < -0.3 is 9.84 Å². The molecule has 3 aromatic carbocycles. The van der Waals surface area contributed by atoms with Crippen molar-refractivity contribution >= 4 is 38.9 Å². The Labute approximate surface area is 208 Å². The van der Waals surface area contributed by atoms with Crippen molar-refractivity contribution in [3.63, 3.8) is 0 Å². The van der Waals surface area contributed by atoms with Gasteiger partial charge in [0.1, 0.15) is 17.0 Å². The van der Waals surface area contributed by atoms with Crippen LogP contribution in [0.25, 0.3) is 11.3 Å². The molecule has 178 valence electrons. The number of amides is 1. The first-order valence-corrected chi connectivity index (χ1v) is 12.9. The molecular weight excluding hydrogens is 486 g/mol. The molecule has 0 bridgehead atoms. The molecule has 0 spiro atoms. The normalized spacial score (nSPS) is 13.4. The summed E-state index contributed by atoms with van der Waals surface area (Å²) in [4.78, 5) is 13.2. The van der Waals surface area contributed by atoms with Gasteiger partial charge in [0.15, 0.2) is 0 Å². The Bertz CT molecular complexity index is 1510. The number of sulfonamides is 1. The predicted molar refractivity (Wildman–Crippen MR) is 135 cm³/mol. The molecule has 5 rings (SSSR count). The van der Waals surface area contributed by atoms with Crippen LogP contribution in [0.1, 0.15) is 28.1 Å². The van der Waals surface area contributed by atoms with Gasteiger partial charge in [-0.05, 0) is 61.7 Å². The minimum Gasteiger partial charge on any atom is -0.360 e. The number of hydrogen-bond donors (Lipinski definition) is 1. The van der Waals surface area contributed by atoms with Gasteiger partial charge in [-0.2, -0.15) is 0 Å². The summed E-state index contributed by atoms with van der Waals surface area (Å²) in [5.74, 6) is -0.0837. The number of halogens is 1. The molecule has 2 heterocycles. The number of para-hydroxylation sites is 1. The summed E-state index contributed by atoms with van der Waals surface area (Å²) in [5, 5.41) is 7.27. The second kappa shape index (κ2) is 9.20. The Morgan fingerprint density at radius 2 is 1.74 bits per heavy atom. The van der Waals surface area contributed by atoms with Crippen LogP contribution >= 0.6 is 11.6 Å². The first kappa shape index (κ1) is 23.1. The quantitative estimate of drug-likeness (QED) is 0.374. The molecule has 0 radical (unpaired) electrons. The zero-order valence-electron chi connectivity index (χ0n) is 18.9. The van der Waals surface area contributed by atoms with E-state index in [1.165, 1.54) is 16.4 Å². The largest absolute Gasteiger partial charge is 0.360 e. The summed E-state index contributed by atoms with van der Waals surface area (Å²) in [6.45, 7) is 2.07. The Hall–Kier alpha value is -3.62. The fourth-order valence-electron chi connectivity index (χ4n) is 4.26. The molecule has 1 aliphatic rings. The van der Waals surface area contributed by atoms with Gasteiger partial charge in [0.2, 0.25) is 0 Å². The predicted octanol–water partition coefficient (Wildman–Crippen LogP) is 5.70. The number of aryl methyl sites for hydroxylation is 2. The van der Waals surface area contributed by atoms with Crippen molar-refractivity contribution in [1.29, 1.82) is 0 Å². The van der Waals surface area contributed by atoms with Crippen molar-refractivity contribution in [1.82, 2.24) is 5.16 Å². The third-order valence-electron chi connectivity index (χ3n) is 5.99.